The number of fused-ring (bicyclic) bond motifs is 1. The number of aromatic nitrogens is 3. The lowest BCUT2D eigenvalue weighted by molar-refractivity contribution is -0.142. The molecule has 1 aliphatic rings. The molecule has 1 aliphatic heterocycles. The molecule has 0 N–H and O–H groups in total. The van der Waals surface area contributed by atoms with Crippen LogP contribution in [0.3, 0.4) is 0 Å². The second kappa shape index (κ2) is 9.21. The van der Waals surface area contributed by atoms with Crippen molar-refractivity contribution in [2.24, 2.45) is 0 Å². The van der Waals surface area contributed by atoms with Crippen LogP contribution in [-0.4, -0.2) is 56.5 Å². The van der Waals surface area contributed by atoms with Gasteiger partial charge in [-0.2, -0.15) is 18.3 Å². The smallest absolute Gasteiger partial charge is 0.335 e. The number of halogens is 5. The summed E-state index contributed by atoms with van der Waals surface area (Å²) < 4.78 is 55.5. The maximum atomic E-state index is 13.8. The third-order valence-corrected chi connectivity index (χ3v) is 6.99. The van der Waals surface area contributed by atoms with Gasteiger partial charge in [-0.05, 0) is 35.2 Å². The molecular weight excluding hydrogens is 506 g/mol. The Labute approximate surface area is 206 Å². The number of alkyl halides is 3. The number of hydrogen-bond acceptors (Lipinski definition) is 5. The normalized spacial score (nSPS) is 15.2. The van der Waals surface area contributed by atoms with E-state index in [4.69, 9.17) is 11.6 Å². The number of hydrogen-bond donors (Lipinski definition) is 0. The molecule has 3 aromatic heterocycles. The monoisotopic (exact) mass is 523 g/mol. The molecule has 4 heterocycles. The predicted octanol–water partition coefficient (Wildman–Crippen LogP) is 5.23. The first-order valence-electron chi connectivity index (χ1n) is 10.7. The van der Waals surface area contributed by atoms with Crippen LogP contribution in [0.1, 0.15) is 21.7 Å². The van der Waals surface area contributed by atoms with Crippen molar-refractivity contribution in [1.29, 1.82) is 0 Å². The quantitative estimate of drug-likeness (QED) is 0.344. The van der Waals surface area contributed by atoms with E-state index in [1.165, 1.54) is 28.4 Å². The summed E-state index contributed by atoms with van der Waals surface area (Å²) in [5, 5.41) is 5.44. The zero-order valence-electron chi connectivity index (χ0n) is 18.1. The summed E-state index contributed by atoms with van der Waals surface area (Å²) in [5.74, 6) is -0.872. The van der Waals surface area contributed by atoms with Gasteiger partial charge in [-0.3, -0.25) is 9.69 Å². The van der Waals surface area contributed by atoms with Crippen molar-refractivity contribution < 1.29 is 22.4 Å². The SMILES string of the molecule is O=C(c1nn2c(C(F)(F)F)cc(-c3cccs3)nc2c1Cl)N1CCN(Cc2cccc(F)c2)CC1. The average Bonchev–Trinajstić information content (AvgIpc) is 3.47. The van der Waals surface area contributed by atoms with Crippen LogP contribution < -0.4 is 0 Å². The predicted molar refractivity (Wildman–Crippen MR) is 124 cm³/mol. The number of carbonyl (C=O) groups is 1. The lowest BCUT2D eigenvalue weighted by atomic mass is 10.2. The average molecular weight is 524 g/mol. The largest absolute Gasteiger partial charge is 0.433 e. The number of carbonyl (C=O) groups excluding carboxylic acids is 1. The van der Waals surface area contributed by atoms with Crippen molar-refractivity contribution >= 4 is 34.5 Å². The molecule has 1 fully saturated rings. The second-order valence-electron chi connectivity index (χ2n) is 8.10. The number of amides is 1. The van der Waals surface area contributed by atoms with E-state index in [1.807, 2.05) is 6.07 Å². The summed E-state index contributed by atoms with van der Waals surface area (Å²) in [6.07, 6.45) is -4.73. The molecule has 1 amide bonds. The van der Waals surface area contributed by atoms with Gasteiger partial charge in [0, 0.05) is 32.7 Å². The first-order chi connectivity index (χ1) is 16.7. The lowest BCUT2D eigenvalue weighted by Gasteiger charge is -2.34. The second-order valence-corrected chi connectivity index (χ2v) is 9.42. The highest BCUT2D eigenvalue weighted by Gasteiger charge is 2.37. The topological polar surface area (TPSA) is 53.7 Å². The highest BCUT2D eigenvalue weighted by Crippen LogP contribution is 2.35. The molecule has 4 aromatic rings. The zero-order chi connectivity index (χ0) is 24.7. The minimum atomic E-state index is -4.73. The summed E-state index contributed by atoms with van der Waals surface area (Å²) in [6, 6.07) is 10.6. The summed E-state index contributed by atoms with van der Waals surface area (Å²) in [7, 11) is 0. The van der Waals surface area contributed by atoms with Gasteiger partial charge in [-0.15, -0.1) is 11.3 Å². The van der Waals surface area contributed by atoms with Crippen molar-refractivity contribution in [3.05, 3.63) is 75.6 Å². The third-order valence-electron chi connectivity index (χ3n) is 5.75. The van der Waals surface area contributed by atoms with Crippen LogP contribution >= 0.6 is 22.9 Å². The lowest BCUT2D eigenvalue weighted by Crippen LogP contribution is -2.48. The molecule has 0 saturated carbocycles. The van der Waals surface area contributed by atoms with Crippen LogP contribution in [0.2, 0.25) is 5.02 Å². The Balaban J connectivity index is 1.40. The minimum Gasteiger partial charge on any atom is -0.335 e. The number of benzene rings is 1. The molecule has 5 rings (SSSR count). The molecule has 1 aromatic carbocycles. The zero-order valence-corrected chi connectivity index (χ0v) is 19.7. The summed E-state index contributed by atoms with van der Waals surface area (Å²) in [4.78, 5) is 21.6. The third kappa shape index (κ3) is 4.75. The van der Waals surface area contributed by atoms with Gasteiger partial charge < -0.3 is 4.90 Å². The molecule has 0 aliphatic carbocycles. The van der Waals surface area contributed by atoms with Gasteiger partial charge in [-0.1, -0.05) is 29.8 Å². The molecule has 0 bridgehead atoms. The van der Waals surface area contributed by atoms with E-state index in [0.717, 1.165) is 11.6 Å². The van der Waals surface area contributed by atoms with E-state index < -0.39 is 17.8 Å². The van der Waals surface area contributed by atoms with E-state index in [0.29, 0.717) is 42.1 Å². The maximum absolute atomic E-state index is 13.8. The van der Waals surface area contributed by atoms with E-state index in [-0.39, 0.29) is 27.9 Å². The molecule has 0 spiro atoms. The molecular formula is C23H18ClF4N5OS. The molecule has 35 heavy (non-hydrogen) atoms. The van der Waals surface area contributed by atoms with Crippen molar-refractivity contribution in [3.8, 4) is 10.6 Å². The van der Waals surface area contributed by atoms with Gasteiger partial charge in [0.2, 0.25) is 0 Å². The van der Waals surface area contributed by atoms with E-state index in [1.54, 1.807) is 23.6 Å². The molecule has 182 valence electrons. The van der Waals surface area contributed by atoms with Crippen molar-refractivity contribution in [2.75, 3.05) is 26.2 Å². The first-order valence-corrected chi connectivity index (χ1v) is 11.9. The maximum Gasteiger partial charge on any atom is 0.433 e. The number of nitrogens with zero attached hydrogens (tertiary/aromatic N) is 5. The fraction of sp³-hybridized carbons (Fsp3) is 0.261. The Morgan fingerprint density at radius 2 is 1.86 bits per heavy atom. The first kappa shape index (κ1) is 23.7. The van der Waals surface area contributed by atoms with E-state index in [2.05, 4.69) is 15.0 Å². The van der Waals surface area contributed by atoms with E-state index in [9.17, 15) is 22.4 Å². The van der Waals surface area contributed by atoms with Gasteiger partial charge in [-0.25, -0.2) is 13.9 Å². The van der Waals surface area contributed by atoms with Crippen LogP contribution in [-0.2, 0) is 12.7 Å². The van der Waals surface area contributed by atoms with Crippen molar-refractivity contribution in [2.45, 2.75) is 12.7 Å². The van der Waals surface area contributed by atoms with Crippen LogP contribution in [0.25, 0.3) is 16.2 Å². The standard InChI is InChI=1S/C23H18ClF4N5OS/c24-19-20(22(34)32-8-6-31(7-9-32)13-14-3-1-4-15(25)11-14)30-33-18(23(26,27)28)12-16(29-21(19)33)17-5-2-10-35-17/h1-5,10-12H,6-9,13H2. The highest BCUT2D eigenvalue weighted by atomic mass is 35.5. The number of rotatable bonds is 4. The Hall–Kier alpha value is -3.02. The molecule has 1 saturated heterocycles. The summed E-state index contributed by atoms with van der Waals surface area (Å²) >= 11 is 7.62. The van der Waals surface area contributed by atoms with Gasteiger partial charge in [0.05, 0.1) is 10.6 Å². The van der Waals surface area contributed by atoms with Gasteiger partial charge in [0.15, 0.2) is 17.0 Å². The molecule has 0 atom stereocenters. The van der Waals surface area contributed by atoms with Crippen molar-refractivity contribution in [1.82, 2.24) is 24.4 Å². The fourth-order valence-corrected chi connectivity index (χ4v) is 4.96. The van der Waals surface area contributed by atoms with Crippen LogP contribution in [0.15, 0.2) is 47.8 Å². The number of piperazine rings is 1. The molecule has 0 radical (unpaired) electrons. The van der Waals surface area contributed by atoms with Crippen molar-refractivity contribution in [3.63, 3.8) is 0 Å². The van der Waals surface area contributed by atoms with Crippen LogP contribution in [0.5, 0.6) is 0 Å². The highest BCUT2D eigenvalue weighted by molar-refractivity contribution is 7.13. The summed E-state index contributed by atoms with van der Waals surface area (Å²) in [6.45, 7) is 2.22. The Morgan fingerprint density at radius 3 is 2.51 bits per heavy atom. The van der Waals surface area contributed by atoms with Crippen LogP contribution in [0, 0.1) is 5.82 Å². The Kier molecular flexibility index (Phi) is 6.24. The molecule has 6 nitrogen and oxygen atoms in total. The molecule has 12 heteroatoms. The van der Waals surface area contributed by atoms with Crippen LogP contribution in [0.4, 0.5) is 17.6 Å². The summed E-state index contributed by atoms with van der Waals surface area (Å²) in [5.41, 5.74) is -0.636. The Morgan fingerprint density at radius 1 is 1.09 bits per heavy atom. The van der Waals surface area contributed by atoms with E-state index >= 15 is 0 Å². The number of thiophene rings is 1. The van der Waals surface area contributed by atoms with Gasteiger partial charge in [0.1, 0.15) is 10.8 Å². The minimum absolute atomic E-state index is 0.103. The van der Waals surface area contributed by atoms with Gasteiger partial charge in [0.25, 0.3) is 5.91 Å². The fourth-order valence-electron chi connectivity index (χ4n) is 4.03. The Bertz CT molecular complexity index is 1380. The van der Waals surface area contributed by atoms with Gasteiger partial charge >= 0.3 is 6.18 Å². The molecule has 0 unspecified atom stereocenters.